The van der Waals surface area contributed by atoms with Crippen molar-refractivity contribution in [1.82, 2.24) is 4.98 Å². The molecule has 2 nitrogen and oxygen atoms in total. The molecule has 60 heavy (non-hydrogen) atoms. The largest absolute Gasteiger partial charge is 0.309 e. The molecule has 1 aliphatic carbocycles. The van der Waals surface area contributed by atoms with Gasteiger partial charge in [-0.05, 0) is 56.6 Å². The maximum absolute atomic E-state index is 15.0. The van der Waals surface area contributed by atoms with Crippen LogP contribution in [0.2, 0.25) is 0 Å². The van der Waals surface area contributed by atoms with Crippen molar-refractivity contribution in [3.63, 3.8) is 0 Å². The lowest BCUT2D eigenvalue weighted by atomic mass is 9.67. The number of nitrogens with zero attached hydrogens (tertiary/aromatic N) is 1. The van der Waals surface area contributed by atoms with Gasteiger partial charge >= 0.3 is 0 Å². The maximum atomic E-state index is 15.0. The van der Waals surface area contributed by atoms with Gasteiger partial charge in [0.1, 0.15) is 0 Å². The summed E-state index contributed by atoms with van der Waals surface area (Å²) in [4.78, 5) is 7.96. The van der Waals surface area contributed by atoms with Crippen LogP contribution in [0.15, 0.2) is 228 Å². The predicted molar refractivity (Wildman–Crippen MR) is 251 cm³/mol. The highest BCUT2D eigenvalue weighted by Crippen LogP contribution is 2.63. The zero-order valence-corrected chi connectivity index (χ0v) is 34.2. The fourth-order valence-electron chi connectivity index (χ4n) is 9.98. The van der Waals surface area contributed by atoms with Crippen LogP contribution in [0.3, 0.4) is 0 Å². The topological polar surface area (TPSA) is 30.0 Å². The molecular formula is C56H36NOPS. The molecule has 0 saturated carbocycles. The lowest BCUT2D eigenvalue weighted by Crippen LogP contribution is -2.32. The van der Waals surface area contributed by atoms with Crippen molar-refractivity contribution < 1.29 is 4.57 Å². The summed E-state index contributed by atoms with van der Waals surface area (Å²) in [5.41, 5.74) is 12.7. The van der Waals surface area contributed by atoms with Crippen molar-refractivity contribution in [3.05, 3.63) is 241 Å². The Kier molecular flexibility index (Phi) is 8.00. The normalized spacial score (nSPS) is 13.5. The Morgan fingerprint density at radius 3 is 1.55 bits per heavy atom. The fourth-order valence-corrected chi connectivity index (χ4v) is 14.0. The van der Waals surface area contributed by atoms with Gasteiger partial charge in [0.05, 0.1) is 16.6 Å². The Balaban J connectivity index is 1.00. The number of benzene rings is 9. The van der Waals surface area contributed by atoms with Gasteiger partial charge in [0.25, 0.3) is 0 Å². The Bertz CT molecular complexity index is 3270. The van der Waals surface area contributed by atoms with E-state index in [1.165, 1.54) is 48.6 Å². The highest BCUT2D eigenvalue weighted by atomic mass is 32.2. The SMILES string of the molecule is O=P(c1ccccc1)(c1ccccc1)c1ccc(-c2ccc(-c3nc4ccccc4c4c5c(ccc34)C3(c4ccccc4S5)c4ccccc4-c4ccccc43)cc2)cc1. The average Bonchev–Trinajstić information content (AvgIpc) is 3.62. The van der Waals surface area contributed by atoms with Gasteiger partial charge in [0.15, 0.2) is 7.14 Å². The van der Waals surface area contributed by atoms with Crippen LogP contribution in [0, 0.1) is 0 Å². The number of hydrogen-bond acceptors (Lipinski definition) is 3. The second-order valence-electron chi connectivity index (χ2n) is 15.7. The summed E-state index contributed by atoms with van der Waals surface area (Å²) >= 11 is 1.89. The van der Waals surface area contributed by atoms with Crippen molar-refractivity contribution in [1.29, 1.82) is 0 Å². The minimum Gasteiger partial charge on any atom is -0.309 e. The van der Waals surface area contributed by atoms with Crippen LogP contribution < -0.4 is 15.9 Å². The molecule has 1 spiro atoms. The highest BCUT2D eigenvalue weighted by Gasteiger charge is 2.50. The molecule has 2 heterocycles. The van der Waals surface area contributed by atoms with Gasteiger partial charge in [-0.15, -0.1) is 0 Å². The molecule has 1 aromatic heterocycles. The molecule has 0 saturated heterocycles. The molecule has 0 unspecified atom stereocenters. The van der Waals surface area contributed by atoms with Gasteiger partial charge in [0.2, 0.25) is 0 Å². The van der Waals surface area contributed by atoms with E-state index in [9.17, 15) is 4.57 Å². The second-order valence-corrected chi connectivity index (χ2v) is 19.5. The van der Waals surface area contributed by atoms with Gasteiger partial charge in [0, 0.05) is 47.4 Å². The van der Waals surface area contributed by atoms with Crippen molar-refractivity contribution in [2.75, 3.05) is 0 Å². The molecule has 0 amide bonds. The molecule has 4 heteroatoms. The Morgan fingerprint density at radius 2 is 0.900 bits per heavy atom. The van der Waals surface area contributed by atoms with Gasteiger partial charge in [-0.3, -0.25) is 0 Å². The van der Waals surface area contributed by atoms with Crippen molar-refractivity contribution >= 4 is 56.5 Å². The Labute approximate surface area is 353 Å². The zero-order valence-electron chi connectivity index (χ0n) is 32.5. The average molecular weight is 802 g/mol. The minimum atomic E-state index is -3.06. The standard InChI is InChI=1S/C56H36NOPS/c58-59(40-15-3-1-4-16-40,41-17-5-2-6-18-41)42-33-31-38(32-34-42)37-27-29-39(30-28-37)54-46-35-36-50-55(53(46)45-21-9-13-25-51(45)57-54)60-52-26-14-12-24-49(52)56(50)47-22-10-7-19-43(47)44-20-8-11-23-48(44)56/h1-36H. The quantitative estimate of drug-likeness (QED) is 0.128. The van der Waals surface area contributed by atoms with Crippen molar-refractivity contribution in [2.24, 2.45) is 0 Å². The van der Waals surface area contributed by atoms with Gasteiger partial charge in [-0.1, -0.05) is 218 Å². The predicted octanol–water partition coefficient (Wildman–Crippen LogP) is 13.2. The first kappa shape index (κ1) is 35.2. The van der Waals surface area contributed by atoms with E-state index in [-0.39, 0.29) is 0 Å². The molecule has 1 aliphatic heterocycles. The number of fused-ring (bicyclic) bond motifs is 13. The van der Waals surface area contributed by atoms with Crippen LogP contribution >= 0.6 is 18.9 Å². The number of aromatic nitrogens is 1. The zero-order chi connectivity index (χ0) is 39.8. The number of rotatable bonds is 5. The molecule has 0 fully saturated rings. The van der Waals surface area contributed by atoms with E-state index in [1.807, 2.05) is 84.6 Å². The van der Waals surface area contributed by atoms with Gasteiger partial charge in [-0.2, -0.15) is 0 Å². The molecule has 10 aromatic rings. The van der Waals surface area contributed by atoms with Crippen LogP contribution in [-0.4, -0.2) is 4.98 Å². The number of para-hydroxylation sites is 1. The van der Waals surface area contributed by atoms with Crippen LogP contribution in [0.25, 0.3) is 55.2 Å². The molecule has 2 aliphatic rings. The van der Waals surface area contributed by atoms with E-state index in [4.69, 9.17) is 4.98 Å². The van der Waals surface area contributed by atoms with Crippen LogP contribution in [0.5, 0.6) is 0 Å². The summed E-state index contributed by atoms with van der Waals surface area (Å²) in [5.74, 6) is 0. The fraction of sp³-hybridized carbons (Fsp3) is 0.0179. The molecule has 0 atom stereocenters. The lowest BCUT2D eigenvalue weighted by molar-refractivity contribution is 0.592. The summed E-state index contributed by atoms with van der Waals surface area (Å²) in [6, 6.07) is 77.1. The Hall–Kier alpha value is -6.77. The highest BCUT2D eigenvalue weighted by molar-refractivity contribution is 7.99. The monoisotopic (exact) mass is 801 g/mol. The summed E-state index contributed by atoms with van der Waals surface area (Å²) in [6.07, 6.45) is 0. The number of pyridine rings is 1. The molecular weight excluding hydrogens is 766 g/mol. The molecule has 9 aromatic carbocycles. The molecule has 0 N–H and O–H groups in total. The molecule has 12 rings (SSSR count). The first-order valence-corrected chi connectivity index (χ1v) is 22.9. The van der Waals surface area contributed by atoms with Crippen LogP contribution in [0.4, 0.5) is 0 Å². The van der Waals surface area contributed by atoms with Crippen LogP contribution in [-0.2, 0) is 9.98 Å². The smallest absolute Gasteiger partial charge is 0.171 e. The number of hydrogen-bond donors (Lipinski definition) is 0. The summed E-state index contributed by atoms with van der Waals surface area (Å²) in [7, 11) is -3.06. The third-order valence-corrected chi connectivity index (χ3v) is 16.9. The molecule has 282 valence electrons. The van der Waals surface area contributed by atoms with E-state index in [1.54, 1.807) is 0 Å². The second kappa shape index (κ2) is 13.6. The molecule has 0 bridgehead atoms. The third-order valence-electron chi connectivity index (χ3n) is 12.6. The first-order chi connectivity index (χ1) is 29.6. The first-order valence-electron chi connectivity index (χ1n) is 20.4. The molecule has 0 radical (unpaired) electrons. The summed E-state index contributed by atoms with van der Waals surface area (Å²) < 4.78 is 15.0. The van der Waals surface area contributed by atoms with E-state index < -0.39 is 12.6 Å². The van der Waals surface area contributed by atoms with Crippen molar-refractivity contribution in [3.8, 4) is 33.5 Å². The van der Waals surface area contributed by atoms with Crippen molar-refractivity contribution in [2.45, 2.75) is 15.2 Å². The summed E-state index contributed by atoms with van der Waals surface area (Å²) in [6.45, 7) is 0. The van der Waals surface area contributed by atoms with E-state index in [0.29, 0.717) is 0 Å². The minimum absolute atomic E-state index is 0.448. The van der Waals surface area contributed by atoms with Crippen LogP contribution in [0.1, 0.15) is 22.3 Å². The third kappa shape index (κ3) is 5.03. The Morgan fingerprint density at radius 1 is 0.400 bits per heavy atom. The summed E-state index contributed by atoms with van der Waals surface area (Å²) in [5, 5.41) is 6.04. The lowest BCUT2D eigenvalue weighted by Gasteiger charge is -2.40. The van der Waals surface area contributed by atoms with E-state index in [0.717, 1.165) is 54.6 Å². The van der Waals surface area contributed by atoms with Gasteiger partial charge in [-0.25, -0.2) is 4.98 Å². The maximum Gasteiger partial charge on any atom is 0.171 e. The van der Waals surface area contributed by atoms with E-state index in [2.05, 4.69) is 146 Å². The van der Waals surface area contributed by atoms with Gasteiger partial charge < -0.3 is 4.57 Å². The van der Waals surface area contributed by atoms with E-state index >= 15 is 0 Å².